The molecule has 3 heterocycles. The topological polar surface area (TPSA) is 74.3 Å². The average Bonchev–Trinajstić information content (AvgIpc) is 2.95. The van der Waals surface area contributed by atoms with Crippen LogP contribution in [0.4, 0.5) is 13.2 Å². The van der Waals surface area contributed by atoms with Crippen LogP contribution < -0.4 is 10.3 Å². The number of benzene rings is 1. The average molecular weight is 361 g/mol. The van der Waals surface area contributed by atoms with Gasteiger partial charge in [-0.3, -0.25) is 9.36 Å². The lowest BCUT2D eigenvalue weighted by Gasteiger charge is -2.11. The molecule has 7 nitrogen and oxygen atoms in total. The molecular weight excluding hydrogens is 351 g/mol. The lowest BCUT2D eigenvalue weighted by atomic mass is 10.2. The Morgan fingerprint density at radius 3 is 2.54 bits per heavy atom. The molecule has 3 aromatic heterocycles. The molecule has 0 aliphatic heterocycles. The molecule has 0 saturated heterocycles. The highest BCUT2D eigenvalue weighted by Gasteiger charge is 2.31. The Labute approximate surface area is 143 Å². The van der Waals surface area contributed by atoms with Gasteiger partial charge in [0.25, 0.3) is 11.3 Å². The van der Waals surface area contributed by atoms with Crippen molar-refractivity contribution < 1.29 is 17.9 Å². The van der Waals surface area contributed by atoms with Crippen LogP contribution in [0.5, 0.6) is 5.75 Å². The number of aromatic nitrogens is 5. The molecule has 0 spiro atoms. The van der Waals surface area contributed by atoms with Crippen molar-refractivity contribution in [3.8, 4) is 11.4 Å². The van der Waals surface area contributed by atoms with E-state index in [1.54, 1.807) is 13.0 Å². The van der Waals surface area contributed by atoms with Crippen molar-refractivity contribution in [2.75, 3.05) is 0 Å². The molecule has 0 bridgehead atoms. The Bertz CT molecular complexity index is 1180. The number of alkyl halides is 3. The number of fused-ring (bicyclic) bond motifs is 3. The number of rotatable bonds is 2. The first-order valence-electron chi connectivity index (χ1n) is 7.42. The summed E-state index contributed by atoms with van der Waals surface area (Å²) in [5, 5.41) is 4.51. The van der Waals surface area contributed by atoms with E-state index in [-0.39, 0.29) is 11.3 Å². The molecule has 0 unspecified atom stereocenters. The Balaban J connectivity index is 1.81. The normalized spacial score (nSPS) is 12.0. The lowest BCUT2D eigenvalue weighted by molar-refractivity contribution is -0.274. The number of hydrogen-bond acceptors (Lipinski definition) is 5. The number of aryl methyl sites for hydroxylation is 1. The fourth-order valence-corrected chi connectivity index (χ4v) is 2.63. The summed E-state index contributed by atoms with van der Waals surface area (Å²) in [4.78, 5) is 21.0. The smallest absolute Gasteiger partial charge is 0.406 e. The third-order valence-corrected chi connectivity index (χ3v) is 3.69. The molecule has 4 aromatic rings. The summed E-state index contributed by atoms with van der Waals surface area (Å²) in [5.74, 6) is 0.534. The second-order valence-electron chi connectivity index (χ2n) is 5.46. The van der Waals surface area contributed by atoms with Gasteiger partial charge in [0, 0.05) is 18.1 Å². The Morgan fingerprint density at radius 1 is 1.12 bits per heavy atom. The van der Waals surface area contributed by atoms with Gasteiger partial charge in [0.2, 0.25) is 0 Å². The molecule has 0 aliphatic carbocycles. The van der Waals surface area contributed by atoms with Gasteiger partial charge >= 0.3 is 6.36 Å². The quantitative estimate of drug-likeness (QED) is 0.549. The maximum absolute atomic E-state index is 12.7. The van der Waals surface area contributed by atoms with Crippen molar-refractivity contribution in [3.63, 3.8) is 0 Å². The van der Waals surface area contributed by atoms with Crippen molar-refractivity contribution in [2.45, 2.75) is 13.3 Å². The van der Waals surface area contributed by atoms with Crippen LogP contribution in [0, 0.1) is 6.92 Å². The minimum Gasteiger partial charge on any atom is -0.406 e. The van der Waals surface area contributed by atoms with Gasteiger partial charge in [0.15, 0.2) is 0 Å². The summed E-state index contributed by atoms with van der Waals surface area (Å²) in [6.07, 6.45) is -1.85. The van der Waals surface area contributed by atoms with Gasteiger partial charge in [-0.1, -0.05) is 0 Å². The highest BCUT2D eigenvalue weighted by Crippen LogP contribution is 2.23. The second kappa shape index (κ2) is 5.55. The second-order valence-corrected chi connectivity index (χ2v) is 5.46. The molecule has 132 valence electrons. The predicted octanol–water partition coefficient (Wildman–Crippen LogP) is 2.64. The van der Waals surface area contributed by atoms with Gasteiger partial charge < -0.3 is 4.74 Å². The molecular formula is C16H10F3N5O2. The van der Waals surface area contributed by atoms with Crippen molar-refractivity contribution in [2.24, 2.45) is 0 Å². The van der Waals surface area contributed by atoms with Crippen LogP contribution in [-0.2, 0) is 0 Å². The van der Waals surface area contributed by atoms with Crippen LogP contribution in [-0.4, -0.2) is 30.5 Å². The largest absolute Gasteiger partial charge is 0.573 e. The molecule has 1 aromatic carbocycles. The summed E-state index contributed by atoms with van der Waals surface area (Å²) in [5.41, 5.74) is 0.546. The molecule has 10 heteroatoms. The molecule has 4 rings (SSSR count). The minimum absolute atomic E-state index is 0.306. The van der Waals surface area contributed by atoms with Gasteiger partial charge in [-0.2, -0.15) is 9.50 Å². The SMILES string of the molecule is Cc1nc2ncc3c(=O)n(-c4ccc(OC(F)(F)F)cc4)ccc3n2n1. The summed E-state index contributed by atoms with van der Waals surface area (Å²) < 4.78 is 43.3. The number of ether oxygens (including phenoxy) is 1. The number of nitrogens with zero attached hydrogens (tertiary/aromatic N) is 5. The Kier molecular flexibility index (Phi) is 3.43. The minimum atomic E-state index is -4.77. The van der Waals surface area contributed by atoms with Crippen LogP contribution >= 0.6 is 0 Å². The summed E-state index contributed by atoms with van der Waals surface area (Å²) in [7, 11) is 0. The highest BCUT2D eigenvalue weighted by atomic mass is 19.4. The zero-order chi connectivity index (χ0) is 18.5. The first-order chi connectivity index (χ1) is 12.3. The third-order valence-electron chi connectivity index (χ3n) is 3.69. The van der Waals surface area contributed by atoms with E-state index < -0.39 is 6.36 Å². The molecule has 0 radical (unpaired) electrons. The first kappa shape index (κ1) is 16.1. The first-order valence-corrected chi connectivity index (χ1v) is 7.42. The predicted molar refractivity (Wildman–Crippen MR) is 85.3 cm³/mol. The van der Waals surface area contributed by atoms with E-state index in [0.29, 0.717) is 28.2 Å². The fraction of sp³-hybridized carbons (Fsp3) is 0.125. The Hall–Kier alpha value is -3.43. The molecule has 0 saturated carbocycles. The van der Waals surface area contributed by atoms with Gasteiger partial charge in [0.1, 0.15) is 11.6 Å². The van der Waals surface area contributed by atoms with Gasteiger partial charge in [0.05, 0.1) is 10.9 Å². The fourth-order valence-electron chi connectivity index (χ4n) is 2.63. The highest BCUT2D eigenvalue weighted by molar-refractivity contribution is 5.78. The van der Waals surface area contributed by atoms with E-state index in [0.717, 1.165) is 12.1 Å². The zero-order valence-corrected chi connectivity index (χ0v) is 13.2. The van der Waals surface area contributed by atoms with Crippen molar-refractivity contribution >= 4 is 16.7 Å². The molecule has 0 amide bonds. The van der Waals surface area contributed by atoms with Gasteiger partial charge in [-0.15, -0.1) is 18.3 Å². The maximum atomic E-state index is 12.7. The van der Waals surface area contributed by atoms with Crippen LogP contribution in [0.1, 0.15) is 5.82 Å². The van der Waals surface area contributed by atoms with Crippen LogP contribution in [0.3, 0.4) is 0 Å². The van der Waals surface area contributed by atoms with Crippen LogP contribution in [0.25, 0.3) is 22.4 Å². The van der Waals surface area contributed by atoms with Gasteiger partial charge in [-0.25, -0.2) is 4.98 Å². The van der Waals surface area contributed by atoms with E-state index in [1.165, 1.54) is 33.6 Å². The number of pyridine rings is 1. The molecule has 26 heavy (non-hydrogen) atoms. The molecule has 0 fully saturated rings. The van der Waals surface area contributed by atoms with Gasteiger partial charge in [-0.05, 0) is 37.3 Å². The Morgan fingerprint density at radius 2 is 1.85 bits per heavy atom. The zero-order valence-electron chi connectivity index (χ0n) is 13.2. The number of hydrogen-bond donors (Lipinski definition) is 0. The lowest BCUT2D eigenvalue weighted by Crippen LogP contribution is -2.19. The van der Waals surface area contributed by atoms with Crippen LogP contribution in [0.2, 0.25) is 0 Å². The van der Waals surface area contributed by atoms with E-state index in [1.807, 2.05) is 0 Å². The van der Waals surface area contributed by atoms with Crippen molar-refractivity contribution in [1.82, 2.24) is 24.1 Å². The monoisotopic (exact) mass is 361 g/mol. The third kappa shape index (κ3) is 2.75. The standard InChI is InChI=1S/C16H10F3N5O2/c1-9-21-15-20-8-12-13(24(15)22-9)6-7-23(14(12)25)10-2-4-11(5-3-10)26-16(17,18)19/h2-8H,1H3. The summed E-state index contributed by atoms with van der Waals surface area (Å²) >= 11 is 0. The summed E-state index contributed by atoms with van der Waals surface area (Å²) in [6, 6.07) is 6.67. The van der Waals surface area contributed by atoms with Crippen molar-refractivity contribution in [3.05, 3.63) is 58.9 Å². The van der Waals surface area contributed by atoms with E-state index in [4.69, 9.17) is 0 Å². The van der Waals surface area contributed by atoms with E-state index in [9.17, 15) is 18.0 Å². The van der Waals surface area contributed by atoms with Crippen LogP contribution in [0.15, 0.2) is 47.5 Å². The molecule has 0 N–H and O–H groups in total. The molecule has 0 aliphatic rings. The summed E-state index contributed by atoms with van der Waals surface area (Å²) in [6.45, 7) is 1.71. The van der Waals surface area contributed by atoms with Crippen molar-refractivity contribution in [1.29, 1.82) is 0 Å². The number of halogens is 3. The van der Waals surface area contributed by atoms with E-state index >= 15 is 0 Å². The maximum Gasteiger partial charge on any atom is 0.573 e. The van der Waals surface area contributed by atoms with E-state index in [2.05, 4.69) is 19.8 Å². The molecule has 0 atom stereocenters.